The Morgan fingerprint density at radius 2 is 1.69 bits per heavy atom. The fraction of sp³-hybridized carbons (Fsp3) is 0.833. The van der Waals surface area contributed by atoms with E-state index in [1.54, 1.807) is 0 Å². The minimum Gasteiger partial charge on any atom is -0.302 e. The maximum atomic E-state index is 12.2. The highest BCUT2D eigenvalue weighted by atomic mass is 19.4. The lowest BCUT2D eigenvalue weighted by atomic mass is 10.3. The predicted molar refractivity (Wildman–Crippen MR) is 34.6 cm³/mol. The van der Waals surface area contributed by atoms with Crippen molar-refractivity contribution in [1.29, 1.82) is 0 Å². The van der Waals surface area contributed by atoms with Crippen molar-refractivity contribution in [2.75, 3.05) is 20.1 Å². The summed E-state index contributed by atoms with van der Waals surface area (Å²) in [5, 5.41) is 0. The maximum absolute atomic E-state index is 12.2. The number of hydrogen-bond acceptors (Lipinski definition) is 2. The second-order valence-electron chi connectivity index (χ2n) is 2.57. The van der Waals surface area contributed by atoms with Gasteiger partial charge >= 0.3 is 12.1 Å². The molecule has 0 radical (unpaired) electrons. The number of carbonyl (C=O) groups is 1. The molecule has 0 saturated carbocycles. The van der Waals surface area contributed by atoms with E-state index in [0.29, 0.717) is 4.90 Å². The molecule has 0 fully saturated rings. The highest BCUT2D eigenvalue weighted by molar-refractivity contribution is 5.51. The molecule has 0 aromatic rings. The molecule has 0 aromatic carbocycles. The number of alkyl halides is 5. The molecule has 0 aliphatic heterocycles. The molecule has 13 heavy (non-hydrogen) atoms. The van der Waals surface area contributed by atoms with Gasteiger partial charge in [-0.1, -0.05) is 0 Å². The minimum atomic E-state index is -5.57. The first-order valence-electron chi connectivity index (χ1n) is 3.27. The second kappa shape index (κ2) is 3.99. The lowest BCUT2D eigenvalue weighted by molar-refractivity contribution is -0.285. The standard InChI is InChI=1S/C6H8F5NO/c1-12(2-3-13)4-5(7,8)6(9,10)11/h3H,2,4H2,1H3. The zero-order valence-corrected chi connectivity index (χ0v) is 6.74. The summed E-state index contributed by atoms with van der Waals surface area (Å²) < 4.78 is 59.2. The first-order valence-corrected chi connectivity index (χ1v) is 3.27. The molecule has 0 amide bonds. The van der Waals surface area contributed by atoms with Gasteiger partial charge in [0.05, 0.1) is 13.1 Å². The predicted octanol–water partition coefficient (Wildman–Crippen LogP) is 1.31. The Hall–Kier alpha value is -0.720. The van der Waals surface area contributed by atoms with Crippen molar-refractivity contribution in [1.82, 2.24) is 4.90 Å². The number of rotatable bonds is 4. The van der Waals surface area contributed by atoms with Crippen LogP contribution < -0.4 is 0 Å². The minimum absolute atomic E-state index is 0.256. The Balaban J connectivity index is 4.24. The molecule has 0 aromatic heterocycles. The average Bonchev–Trinajstić information content (AvgIpc) is 1.83. The van der Waals surface area contributed by atoms with Gasteiger partial charge in [-0.05, 0) is 7.05 Å². The number of likely N-dealkylation sites (N-methyl/N-ethyl adjacent to an activating group) is 1. The van der Waals surface area contributed by atoms with Crippen molar-refractivity contribution in [3.05, 3.63) is 0 Å². The van der Waals surface area contributed by atoms with Gasteiger partial charge in [0.2, 0.25) is 0 Å². The van der Waals surface area contributed by atoms with Crippen LogP contribution in [-0.2, 0) is 4.79 Å². The van der Waals surface area contributed by atoms with Crippen molar-refractivity contribution in [2.24, 2.45) is 0 Å². The Kier molecular flexibility index (Phi) is 3.77. The van der Waals surface area contributed by atoms with E-state index < -0.39 is 25.2 Å². The normalized spacial score (nSPS) is 13.5. The molecular weight excluding hydrogens is 197 g/mol. The van der Waals surface area contributed by atoms with Gasteiger partial charge in [-0.15, -0.1) is 0 Å². The maximum Gasteiger partial charge on any atom is 0.454 e. The molecule has 0 saturated heterocycles. The average molecular weight is 205 g/mol. The van der Waals surface area contributed by atoms with E-state index in [4.69, 9.17) is 0 Å². The first kappa shape index (κ1) is 12.3. The van der Waals surface area contributed by atoms with Crippen LogP contribution in [0.5, 0.6) is 0 Å². The van der Waals surface area contributed by atoms with Crippen molar-refractivity contribution in [2.45, 2.75) is 12.1 Å². The third-order valence-corrected chi connectivity index (χ3v) is 1.27. The monoisotopic (exact) mass is 205 g/mol. The topological polar surface area (TPSA) is 20.3 Å². The number of aldehydes is 1. The summed E-state index contributed by atoms with van der Waals surface area (Å²) in [6.45, 7) is -1.96. The van der Waals surface area contributed by atoms with Gasteiger partial charge in [0.1, 0.15) is 6.29 Å². The summed E-state index contributed by atoms with van der Waals surface area (Å²) in [4.78, 5) is 10.4. The molecule has 0 aliphatic rings. The Labute approximate surface area is 71.3 Å². The fourth-order valence-electron chi connectivity index (χ4n) is 0.620. The number of nitrogens with zero attached hydrogens (tertiary/aromatic N) is 1. The molecule has 0 aliphatic carbocycles. The zero-order chi connectivity index (χ0) is 10.7. The summed E-state index contributed by atoms with van der Waals surface area (Å²) in [5.74, 6) is -4.77. The quantitative estimate of drug-likeness (QED) is 0.509. The van der Waals surface area contributed by atoms with E-state index in [2.05, 4.69) is 0 Å². The van der Waals surface area contributed by atoms with Gasteiger partial charge in [-0.3, -0.25) is 4.90 Å². The summed E-state index contributed by atoms with van der Waals surface area (Å²) in [6, 6.07) is 0. The van der Waals surface area contributed by atoms with Crippen LogP contribution in [0.4, 0.5) is 22.0 Å². The van der Waals surface area contributed by atoms with E-state index >= 15 is 0 Å². The molecule has 0 N–H and O–H groups in total. The Bertz CT molecular complexity index is 178. The van der Waals surface area contributed by atoms with Crippen molar-refractivity contribution in [3.63, 3.8) is 0 Å². The van der Waals surface area contributed by atoms with Gasteiger partial charge in [-0.2, -0.15) is 22.0 Å². The van der Waals surface area contributed by atoms with Crippen molar-refractivity contribution in [3.8, 4) is 0 Å². The molecule has 0 bridgehead atoms. The molecule has 0 rings (SSSR count). The van der Waals surface area contributed by atoms with Crippen LogP contribution in [0, 0.1) is 0 Å². The summed E-state index contributed by atoms with van der Waals surface area (Å²) in [5.41, 5.74) is 0. The largest absolute Gasteiger partial charge is 0.454 e. The first-order chi connectivity index (χ1) is 5.70. The zero-order valence-electron chi connectivity index (χ0n) is 6.74. The molecule has 0 heterocycles. The van der Waals surface area contributed by atoms with E-state index in [-0.39, 0.29) is 6.29 Å². The van der Waals surface area contributed by atoms with Crippen molar-refractivity contribution >= 4 is 6.29 Å². The summed E-state index contributed by atoms with van der Waals surface area (Å²) >= 11 is 0. The summed E-state index contributed by atoms with van der Waals surface area (Å²) in [7, 11) is 1.01. The van der Waals surface area contributed by atoms with Crippen LogP contribution in [-0.4, -0.2) is 43.4 Å². The third-order valence-electron chi connectivity index (χ3n) is 1.27. The lowest BCUT2D eigenvalue weighted by Gasteiger charge is -2.23. The van der Waals surface area contributed by atoms with Gasteiger partial charge in [0.25, 0.3) is 0 Å². The molecule has 0 unspecified atom stereocenters. The number of carbonyl (C=O) groups excluding carboxylic acids is 1. The van der Waals surface area contributed by atoms with Crippen LogP contribution in [0.25, 0.3) is 0 Å². The molecule has 0 spiro atoms. The molecule has 0 atom stereocenters. The van der Waals surface area contributed by atoms with E-state index in [1.165, 1.54) is 0 Å². The second-order valence-corrected chi connectivity index (χ2v) is 2.57. The van der Waals surface area contributed by atoms with Crippen LogP contribution in [0.3, 0.4) is 0 Å². The van der Waals surface area contributed by atoms with Gasteiger partial charge in [-0.25, -0.2) is 0 Å². The molecular formula is C6H8F5NO. The Morgan fingerprint density at radius 1 is 1.23 bits per heavy atom. The van der Waals surface area contributed by atoms with E-state index in [9.17, 15) is 26.7 Å². The fourth-order valence-corrected chi connectivity index (χ4v) is 0.620. The third kappa shape index (κ3) is 3.67. The number of hydrogen-bond donors (Lipinski definition) is 0. The van der Waals surface area contributed by atoms with E-state index in [1.807, 2.05) is 0 Å². The highest BCUT2D eigenvalue weighted by Crippen LogP contribution is 2.35. The van der Waals surface area contributed by atoms with Crippen LogP contribution in [0.2, 0.25) is 0 Å². The van der Waals surface area contributed by atoms with Gasteiger partial charge in [0, 0.05) is 0 Å². The summed E-state index contributed by atoms with van der Waals surface area (Å²) in [6.07, 6.45) is -5.31. The highest BCUT2D eigenvalue weighted by Gasteiger charge is 2.57. The number of halogens is 5. The molecule has 2 nitrogen and oxygen atoms in total. The van der Waals surface area contributed by atoms with Crippen molar-refractivity contribution < 1.29 is 26.7 Å². The van der Waals surface area contributed by atoms with Crippen LogP contribution in [0.1, 0.15) is 0 Å². The molecule has 7 heteroatoms. The van der Waals surface area contributed by atoms with Gasteiger partial charge in [0.15, 0.2) is 0 Å². The molecule has 78 valence electrons. The Morgan fingerprint density at radius 3 is 2.00 bits per heavy atom. The van der Waals surface area contributed by atoms with Crippen LogP contribution in [0.15, 0.2) is 0 Å². The SMILES string of the molecule is CN(CC=O)CC(F)(F)C(F)(F)F. The van der Waals surface area contributed by atoms with E-state index in [0.717, 1.165) is 7.05 Å². The van der Waals surface area contributed by atoms with Gasteiger partial charge < -0.3 is 4.79 Å². The van der Waals surface area contributed by atoms with Crippen LogP contribution >= 0.6 is 0 Å². The smallest absolute Gasteiger partial charge is 0.302 e. The lowest BCUT2D eigenvalue weighted by Crippen LogP contribution is -2.46.